The van der Waals surface area contributed by atoms with Gasteiger partial charge >= 0.3 is 0 Å². The number of benzene rings is 1. The summed E-state index contributed by atoms with van der Waals surface area (Å²) >= 11 is 0. The molecular weight excluding hydrogens is 236 g/mol. The number of rotatable bonds is 6. The van der Waals surface area contributed by atoms with Crippen molar-refractivity contribution in [2.45, 2.75) is 32.2 Å². The number of hydrogen-bond donors (Lipinski definition) is 1. The van der Waals surface area contributed by atoms with E-state index < -0.39 is 0 Å². The predicted octanol–water partition coefficient (Wildman–Crippen LogP) is 2.14. The van der Waals surface area contributed by atoms with Crippen LogP contribution in [-0.4, -0.2) is 27.6 Å². The van der Waals surface area contributed by atoms with E-state index in [0.29, 0.717) is 12.0 Å². The standard InChI is InChI=1S/C15H22N4/c1-12(2)16-10-14(13-7-5-4-6-8-13)9-15-11-19(3)18-17-15/h4-8,11-12,14,16H,9-10H2,1-3H3. The topological polar surface area (TPSA) is 42.7 Å². The number of nitrogens with zero attached hydrogens (tertiary/aromatic N) is 3. The summed E-state index contributed by atoms with van der Waals surface area (Å²) in [6.07, 6.45) is 2.91. The van der Waals surface area contributed by atoms with Crippen molar-refractivity contribution in [1.29, 1.82) is 0 Å². The Hall–Kier alpha value is -1.68. The first-order chi connectivity index (χ1) is 9.15. The van der Waals surface area contributed by atoms with Gasteiger partial charge in [-0.2, -0.15) is 0 Å². The average Bonchev–Trinajstić information content (AvgIpc) is 2.81. The van der Waals surface area contributed by atoms with Crippen molar-refractivity contribution < 1.29 is 0 Å². The summed E-state index contributed by atoms with van der Waals surface area (Å²) in [4.78, 5) is 0. The molecule has 0 fully saturated rings. The van der Waals surface area contributed by atoms with Crippen LogP contribution in [0.15, 0.2) is 36.5 Å². The van der Waals surface area contributed by atoms with Gasteiger partial charge in [0.05, 0.1) is 5.69 Å². The monoisotopic (exact) mass is 258 g/mol. The minimum absolute atomic E-state index is 0.431. The van der Waals surface area contributed by atoms with Crippen molar-refractivity contribution in [2.75, 3.05) is 6.54 Å². The van der Waals surface area contributed by atoms with Crippen molar-refractivity contribution in [1.82, 2.24) is 20.3 Å². The number of hydrogen-bond acceptors (Lipinski definition) is 3. The van der Waals surface area contributed by atoms with E-state index in [4.69, 9.17) is 0 Å². The third-order valence-electron chi connectivity index (χ3n) is 3.15. The minimum atomic E-state index is 0.431. The maximum Gasteiger partial charge on any atom is 0.0833 e. The summed E-state index contributed by atoms with van der Waals surface area (Å²) in [5.74, 6) is 0.431. The smallest absolute Gasteiger partial charge is 0.0833 e. The van der Waals surface area contributed by atoms with E-state index in [1.54, 1.807) is 4.68 Å². The molecule has 0 radical (unpaired) electrons. The maximum atomic E-state index is 4.19. The molecule has 19 heavy (non-hydrogen) atoms. The average molecular weight is 258 g/mol. The van der Waals surface area contributed by atoms with Crippen LogP contribution in [0, 0.1) is 0 Å². The van der Waals surface area contributed by atoms with E-state index in [9.17, 15) is 0 Å². The third-order valence-corrected chi connectivity index (χ3v) is 3.15. The molecule has 1 aromatic heterocycles. The lowest BCUT2D eigenvalue weighted by atomic mass is 9.94. The van der Waals surface area contributed by atoms with Gasteiger partial charge in [-0.05, 0) is 5.56 Å². The Morgan fingerprint density at radius 3 is 2.53 bits per heavy atom. The zero-order chi connectivity index (χ0) is 13.7. The molecule has 0 aliphatic carbocycles. The highest BCUT2D eigenvalue weighted by Crippen LogP contribution is 2.19. The van der Waals surface area contributed by atoms with Crippen LogP contribution in [0.5, 0.6) is 0 Å². The molecule has 0 saturated carbocycles. The first kappa shape index (κ1) is 13.7. The Balaban J connectivity index is 2.10. The van der Waals surface area contributed by atoms with Crippen LogP contribution in [0.4, 0.5) is 0 Å². The van der Waals surface area contributed by atoms with Crippen LogP contribution >= 0.6 is 0 Å². The molecule has 1 N–H and O–H groups in total. The van der Waals surface area contributed by atoms with Crippen LogP contribution in [0.25, 0.3) is 0 Å². The fraction of sp³-hybridized carbons (Fsp3) is 0.467. The highest BCUT2D eigenvalue weighted by atomic mass is 15.4. The summed E-state index contributed by atoms with van der Waals surface area (Å²) in [6.45, 7) is 5.30. The van der Waals surface area contributed by atoms with Crippen molar-refractivity contribution in [2.24, 2.45) is 7.05 Å². The van der Waals surface area contributed by atoms with Crippen LogP contribution in [0.2, 0.25) is 0 Å². The molecule has 0 spiro atoms. The van der Waals surface area contributed by atoms with Crippen LogP contribution < -0.4 is 5.32 Å². The first-order valence-corrected chi connectivity index (χ1v) is 6.78. The van der Waals surface area contributed by atoms with Crippen molar-refractivity contribution in [3.05, 3.63) is 47.8 Å². The Morgan fingerprint density at radius 2 is 1.95 bits per heavy atom. The molecule has 102 valence electrons. The van der Waals surface area contributed by atoms with E-state index >= 15 is 0 Å². The SMILES string of the molecule is CC(C)NCC(Cc1cn(C)nn1)c1ccccc1. The van der Waals surface area contributed by atoms with Gasteiger partial charge in [-0.15, -0.1) is 5.10 Å². The normalized spacial score (nSPS) is 12.8. The third kappa shape index (κ3) is 4.17. The summed E-state index contributed by atoms with van der Waals surface area (Å²) in [6, 6.07) is 11.1. The van der Waals surface area contributed by atoms with Crippen molar-refractivity contribution >= 4 is 0 Å². The predicted molar refractivity (Wildman–Crippen MR) is 77.0 cm³/mol. The van der Waals surface area contributed by atoms with Gasteiger partial charge in [0, 0.05) is 38.2 Å². The minimum Gasteiger partial charge on any atom is -0.314 e. The maximum absolute atomic E-state index is 4.19. The molecule has 0 aliphatic rings. The van der Waals surface area contributed by atoms with Gasteiger partial charge in [-0.25, -0.2) is 0 Å². The highest BCUT2D eigenvalue weighted by molar-refractivity contribution is 5.21. The summed E-state index contributed by atoms with van der Waals surface area (Å²) in [7, 11) is 1.90. The van der Waals surface area contributed by atoms with Crippen LogP contribution in [0.1, 0.15) is 31.0 Å². The molecule has 1 heterocycles. The van der Waals surface area contributed by atoms with E-state index in [-0.39, 0.29) is 0 Å². The van der Waals surface area contributed by atoms with Gasteiger partial charge in [0.15, 0.2) is 0 Å². The van der Waals surface area contributed by atoms with Gasteiger partial charge in [0.2, 0.25) is 0 Å². The van der Waals surface area contributed by atoms with Gasteiger partial charge in [0.25, 0.3) is 0 Å². The molecule has 4 heteroatoms. The van der Waals surface area contributed by atoms with Gasteiger partial charge in [-0.3, -0.25) is 4.68 Å². The summed E-state index contributed by atoms with van der Waals surface area (Å²) < 4.78 is 1.76. The van der Waals surface area contributed by atoms with Crippen LogP contribution in [0.3, 0.4) is 0 Å². The van der Waals surface area contributed by atoms with Gasteiger partial charge in [0.1, 0.15) is 0 Å². The number of aromatic nitrogens is 3. The van der Waals surface area contributed by atoms with Crippen molar-refractivity contribution in [3.8, 4) is 0 Å². The van der Waals surface area contributed by atoms with E-state index in [2.05, 4.69) is 59.8 Å². The molecule has 0 amide bonds. The second kappa shape index (κ2) is 6.48. The Labute approximate surface area is 114 Å². The van der Waals surface area contributed by atoms with E-state index in [0.717, 1.165) is 18.7 Å². The van der Waals surface area contributed by atoms with Gasteiger partial charge in [-0.1, -0.05) is 49.4 Å². The van der Waals surface area contributed by atoms with E-state index in [1.807, 2.05) is 13.2 Å². The summed E-state index contributed by atoms with van der Waals surface area (Å²) in [5.41, 5.74) is 2.39. The zero-order valence-electron chi connectivity index (χ0n) is 11.9. The molecule has 1 atom stereocenters. The number of aryl methyl sites for hydroxylation is 1. The van der Waals surface area contributed by atoms with Gasteiger partial charge < -0.3 is 5.32 Å². The molecule has 1 unspecified atom stereocenters. The molecule has 4 nitrogen and oxygen atoms in total. The lowest BCUT2D eigenvalue weighted by Gasteiger charge is -2.18. The lowest BCUT2D eigenvalue weighted by molar-refractivity contribution is 0.524. The second-order valence-electron chi connectivity index (χ2n) is 5.26. The lowest BCUT2D eigenvalue weighted by Crippen LogP contribution is -2.29. The molecule has 0 saturated heterocycles. The van der Waals surface area contributed by atoms with Crippen molar-refractivity contribution in [3.63, 3.8) is 0 Å². The quantitative estimate of drug-likeness (QED) is 0.863. The van der Waals surface area contributed by atoms with Crippen LogP contribution in [-0.2, 0) is 13.5 Å². The van der Waals surface area contributed by atoms with E-state index in [1.165, 1.54) is 5.56 Å². The molecular formula is C15H22N4. The zero-order valence-corrected chi connectivity index (χ0v) is 11.9. The highest BCUT2D eigenvalue weighted by Gasteiger charge is 2.14. The molecule has 2 rings (SSSR count). The fourth-order valence-corrected chi connectivity index (χ4v) is 2.15. The molecule has 0 bridgehead atoms. The molecule has 1 aromatic carbocycles. The molecule has 2 aromatic rings. The Morgan fingerprint density at radius 1 is 1.21 bits per heavy atom. The first-order valence-electron chi connectivity index (χ1n) is 6.78. The second-order valence-corrected chi connectivity index (χ2v) is 5.26. The summed E-state index contributed by atoms with van der Waals surface area (Å²) in [5, 5.41) is 11.7. The largest absolute Gasteiger partial charge is 0.314 e. The Bertz CT molecular complexity index is 490. The number of nitrogens with one attached hydrogen (secondary N) is 1. The Kier molecular flexibility index (Phi) is 4.68. The molecule has 0 aliphatic heterocycles. The fourth-order valence-electron chi connectivity index (χ4n) is 2.15.